The predicted octanol–water partition coefficient (Wildman–Crippen LogP) is 2.95. The molecule has 0 aliphatic carbocycles. The minimum Gasteiger partial charge on any atom is -0.481 e. The van der Waals surface area contributed by atoms with Crippen molar-refractivity contribution in [1.29, 1.82) is 0 Å². The summed E-state index contributed by atoms with van der Waals surface area (Å²) in [5.74, 6) is -0.924. The lowest BCUT2D eigenvalue weighted by molar-refractivity contribution is -0.137. The lowest BCUT2D eigenvalue weighted by atomic mass is 10.1. The number of carboxylic acids is 1. The quantitative estimate of drug-likeness (QED) is 0.612. The summed E-state index contributed by atoms with van der Waals surface area (Å²) < 4.78 is 26.5. The third-order valence-corrected chi connectivity index (χ3v) is 4.89. The Kier molecular flexibility index (Phi) is 8.12. The van der Waals surface area contributed by atoms with E-state index in [-0.39, 0.29) is 24.3 Å². The Balaban J connectivity index is 2.48. The van der Waals surface area contributed by atoms with Gasteiger partial charge in [0.2, 0.25) is 10.0 Å². The Hall–Kier alpha value is -1.40. The van der Waals surface area contributed by atoms with E-state index in [0.717, 1.165) is 18.4 Å². The molecule has 0 radical (unpaired) electrons. The van der Waals surface area contributed by atoms with Gasteiger partial charge in [-0.2, -0.15) is 0 Å². The van der Waals surface area contributed by atoms with Crippen molar-refractivity contribution in [3.8, 4) is 0 Å². The second-order valence-electron chi connectivity index (χ2n) is 5.35. The van der Waals surface area contributed by atoms with E-state index < -0.39 is 16.0 Å². The molecule has 6 heteroatoms. The first kappa shape index (κ1) is 18.6. The van der Waals surface area contributed by atoms with E-state index >= 15 is 0 Å². The SMILES string of the molecule is CCCCCCc1ccc(S(=O)(=O)NCCCC(=O)O)cc1. The average molecular weight is 327 g/mol. The maximum Gasteiger partial charge on any atom is 0.303 e. The van der Waals surface area contributed by atoms with Crippen LogP contribution in [0.25, 0.3) is 0 Å². The Morgan fingerprint density at radius 1 is 1.09 bits per heavy atom. The molecule has 0 aliphatic rings. The van der Waals surface area contributed by atoms with Crippen LogP contribution in [0.4, 0.5) is 0 Å². The van der Waals surface area contributed by atoms with Crippen LogP contribution in [0.15, 0.2) is 29.2 Å². The summed E-state index contributed by atoms with van der Waals surface area (Å²) in [6.45, 7) is 2.30. The first-order chi connectivity index (χ1) is 10.5. The Labute approximate surface area is 132 Å². The van der Waals surface area contributed by atoms with Crippen molar-refractivity contribution in [2.75, 3.05) is 6.54 Å². The summed E-state index contributed by atoms with van der Waals surface area (Å²) >= 11 is 0. The molecule has 0 saturated carbocycles. The molecule has 1 aromatic carbocycles. The number of unbranched alkanes of at least 4 members (excludes halogenated alkanes) is 3. The highest BCUT2D eigenvalue weighted by Gasteiger charge is 2.13. The van der Waals surface area contributed by atoms with Crippen LogP contribution >= 0.6 is 0 Å². The van der Waals surface area contributed by atoms with E-state index in [9.17, 15) is 13.2 Å². The molecule has 0 fully saturated rings. The molecule has 0 atom stereocenters. The van der Waals surface area contributed by atoms with Crippen LogP contribution in [-0.4, -0.2) is 26.0 Å². The number of rotatable bonds is 11. The highest BCUT2D eigenvalue weighted by atomic mass is 32.2. The van der Waals surface area contributed by atoms with Crippen molar-refractivity contribution in [2.24, 2.45) is 0 Å². The second-order valence-corrected chi connectivity index (χ2v) is 7.12. The van der Waals surface area contributed by atoms with E-state index in [2.05, 4.69) is 11.6 Å². The van der Waals surface area contributed by atoms with Crippen molar-refractivity contribution in [3.05, 3.63) is 29.8 Å². The lowest BCUT2D eigenvalue weighted by Crippen LogP contribution is -2.25. The topological polar surface area (TPSA) is 83.5 Å². The fourth-order valence-corrected chi connectivity index (χ4v) is 3.19. The third-order valence-electron chi connectivity index (χ3n) is 3.41. The number of hydrogen-bond acceptors (Lipinski definition) is 3. The van der Waals surface area contributed by atoms with Crippen molar-refractivity contribution < 1.29 is 18.3 Å². The van der Waals surface area contributed by atoms with Gasteiger partial charge in [0.15, 0.2) is 0 Å². The smallest absolute Gasteiger partial charge is 0.303 e. The van der Waals surface area contributed by atoms with Crippen molar-refractivity contribution in [2.45, 2.75) is 56.8 Å². The maximum absolute atomic E-state index is 12.0. The van der Waals surface area contributed by atoms with Gasteiger partial charge >= 0.3 is 5.97 Å². The largest absolute Gasteiger partial charge is 0.481 e. The summed E-state index contributed by atoms with van der Waals surface area (Å²) in [7, 11) is -3.55. The molecule has 1 aromatic rings. The van der Waals surface area contributed by atoms with Crippen molar-refractivity contribution in [3.63, 3.8) is 0 Å². The van der Waals surface area contributed by atoms with Gasteiger partial charge in [-0.05, 0) is 37.0 Å². The molecule has 124 valence electrons. The molecular formula is C16H25NO4S. The minimum atomic E-state index is -3.55. The lowest BCUT2D eigenvalue weighted by Gasteiger charge is -2.07. The number of hydrogen-bond donors (Lipinski definition) is 2. The van der Waals surface area contributed by atoms with Gasteiger partial charge < -0.3 is 5.11 Å². The zero-order valence-electron chi connectivity index (χ0n) is 13.0. The van der Waals surface area contributed by atoms with Crippen LogP contribution in [0.3, 0.4) is 0 Å². The summed E-state index contributed by atoms with van der Waals surface area (Å²) in [4.78, 5) is 10.6. The molecule has 2 N–H and O–H groups in total. The van der Waals surface area contributed by atoms with Gasteiger partial charge in [0.25, 0.3) is 0 Å². The van der Waals surface area contributed by atoms with E-state index in [1.807, 2.05) is 12.1 Å². The first-order valence-electron chi connectivity index (χ1n) is 7.76. The van der Waals surface area contributed by atoms with Crippen molar-refractivity contribution in [1.82, 2.24) is 4.72 Å². The van der Waals surface area contributed by atoms with Crippen LogP contribution in [0.1, 0.15) is 51.0 Å². The number of carboxylic acid groups (broad SMARTS) is 1. The number of benzene rings is 1. The normalized spacial score (nSPS) is 11.5. The second kappa shape index (κ2) is 9.58. The molecule has 0 spiro atoms. The van der Waals surface area contributed by atoms with E-state index in [1.165, 1.54) is 19.3 Å². The summed E-state index contributed by atoms with van der Waals surface area (Å²) in [5, 5.41) is 8.52. The molecule has 0 heterocycles. The fourth-order valence-electron chi connectivity index (χ4n) is 2.12. The zero-order valence-corrected chi connectivity index (χ0v) is 13.9. The molecule has 1 rings (SSSR count). The molecule has 0 aliphatic heterocycles. The number of carbonyl (C=O) groups is 1. The van der Waals surface area contributed by atoms with Crippen LogP contribution in [0.2, 0.25) is 0 Å². The number of aliphatic carboxylic acids is 1. The molecule has 22 heavy (non-hydrogen) atoms. The number of aryl methyl sites for hydroxylation is 1. The Morgan fingerprint density at radius 2 is 1.77 bits per heavy atom. The number of sulfonamides is 1. The maximum atomic E-state index is 12.0. The monoisotopic (exact) mass is 327 g/mol. The molecule has 0 saturated heterocycles. The van der Waals surface area contributed by atoms with Gasteiger partial charge in [0.05, 0.1) is 4.90 Å². The molecule has 5 nitrogen and oxygen atoms in total. The van der Waals surface area contributed by atoms with Gasteiger partial charge in [0, 0.05) is 13.0 Å². The van der Waals surface area contributed by atoms with Gasteiger partial charge in [-0.1, -0.05) is 38.3 Å². The van der Waals surface area contributed by atoms with E-state index in [4.69, 9.17) is 5.11 Å². The fraction of sp³-hybridized carbons (Fsp3) is 0.562. The van der Waals surface area contributed by atoms with E-state index in [1.54, 1.807) is 12.1 Å². The molecule has 0 bridgehead atoms. The van der Waals surface area contributed by atoms with Gasteiger partial charge in [0.1, 0.15) is 0 Å². The number of nitrogens with one attached hydrogen (secondary N) is 1. The van der Waals surface area contributed by atoms with Crippen LogP contribution in [-0.2, 0) is 21.2 Å². The van der Waals surface area contributed by atoms with Gasteiger partial charge in [-0.15, -0.1) is 0 Å². The molecule has 0 aromatic heterocycles. The first-order valence-corrected chi connectivity index (χ1v) is 9.24. The van der Waals surface area contributed by atoms with Crippen LogP contribution in [0, 0.1) is 0 Å². The van der Waals surface area contributed by atoms with Gasteiger partial charge in [-0.25, -0.2) is 13.1 Å². The van der Waals surface area contributed by atoms with Crippen LogP contribution in [0.5, 0.6) is 0 Å². The summed E-state index contributed by atoms with van der Waals surface area (Å²) in [6, 6.07) is 6.90. The summed E-state index contributed by atoms with van der Waals surface area (Å²) in [5.41, 5.74) is 1.14. The van der Waals surface area contributed by atoms with Crippen molar-refractivity contribution >= 4 is 16.0 Å². The predicted molar refractivity (Wildman–Crippen MR) is 86.3 cm³/mol. The Morgan fingerprint density at radius 3 is 2.36 bits per heavy atom. The Bertz CT molecular complexity index is 552. The average Bonchev–Trinajstić information content (AvgIpc) is 2.48. The molecular weight excluding hydrogens is 302 g/mol. The highest BCUT2D eigenvalue weighted by molar-refractivity contribution is 7.89. The van der Waals surface area contributed by atoms with Crippen LogP contribution < -0.4 is 4.72 Å². The standard InChI is InChI=1S/C16H25NO4S/c1-2-3-4-5-7-14-9-11-15(12-10-14)22(20,21)17-13-6-8-16(18)19/h9-12,17H,2-8,13H2,1H3,(H,18,19). The minimum absolute atomic E-state index is 0.0424. The van der Waals surface area contributed by atoms with E-state index in [0.29, 0.717) is 0 Å². The summed E-state index contributed by atoms with van der Waals surface area (Å²) in [6.07, 6.45) is 5.95. The highest BCUT2D eigenvalue weighted by Crippen LogP contribution is 2.13. The third kappa shape index (κ3) is 7.04. The molecule has 0 unspecified atom stereocenters. The van der Waals surface area contributed by atoms with Gasteiger partial charge in [-0.3, -0.25) is 4.79 Å². The molecule has 0 amide bonds. The zero-order chi connectivity index (χ0) is 16.4.